The summed E-state index contributed by atoms with van der Waals surface area (Å²) >= 11 is 0. The number of sulfonamides is 1. The minimum absolute atomic E-state index is 0.0522. The van der Waals surface area contributed by atoms with Crippen LogP contribution in [0.2, 0.25) is 0 Å². The van der Waals surface area contributed by atoms with E-state index in [4.69, 9.17) is 4.74 Å². The number of anilines is 1. The Kier molecular flexibility index (Phi) is 8.63. The van der Waals surface area contributed by atoms with Gasteiger partial charge >= 0.3 is 0 Å². The highest BCUT2D eigenvalue weighted by atomic mass is 32.2. The van der Waals surface area contributed by atoms with Gasteiger partial charge in [-0.1, -0.05) is 24.3 Å². The van der Waals surface area contributed by atoms with Crippen LogP contribution in [0.3, 0.4) is 0 Å². The summed E-state index contributed by atoms with van der Waals surface area (Å²) in [6.45, 7) is 6.49. The fourth-order valence-corrected chi connectivity index (χ4v) is 4.00. The van der Waals surface area contributed by atoms with Crippen LogP contribution >= 0.6 is 0 Å². The number of ether oxygens (including phenoxy) is 1. The van der Waals surface area contributed by atoms with Crippen LogP contribution < -0.4 is 14.9 Å². The maximum Gasteiger partial charge on any atom is 0.251 e. The summed E-state index contributed by atoms with van der Waals surface area (Å²) < 4.78 is 31.9. The van der Waals surface area contributed by atoms with Gasteiger partial charge in [0.25, 0.3) is 5.91 Å². The molecule has 0 radical (unpaired) electrons. The number of hydrogen-bond acceptors (Lipinski definition) is 5. The maximum absolute atomic E-state index is 12.5. The van der Waals surface area contributed by atoms with Crippen LogP contribution in [0.1, 0.15) is 22.8 Å². The molecule has 2 aromatic carbocycles. The molecule has 2 aromatic rings. The smallest absolute Gasteiger partial charge is 0.251 e. The quantitative estimate of drug-likeness (QED) is 0.545. The molecule has 0 bridgehead atoms. The van der Waals surface area contributed by atoms with E-state index >= 15 is 0 Å². The van der Waals surface area contributed by atoms with Crippen molar-refractivity contribution in [2.45, 2.75) is 18.7 Å². The van der Waals surface area contributed by atoms with Crippen molar-refractivity contribution in [3.8, 4) is 0 Å². The number of methoxy groups -OCH3 is 1. The molecule has 0 aromatic heterocycles. The number of aryl methyl sites for hydroxylation is 1. The lowest BCUT2D eigenvalue weighted by Gasteiger charge is -2.25. The first-order chi connectivity index (χ1) is 13.9. The number of amides is 1. The van der Waals surface area contributed by atoms with Crippen LogP contribution in [-0.4, -0.2) is 54.2 Å². The van der Waals surface area contributed by atoms with E-state index in [0.717, 1.165) is 12.2 Å². The van der Waals surface area contributed by atoms with Gasteiger partial charge in [0.15, 0.2) is 0 Å². The fourth-order valence-electron chi connectivity index (χ4n) is 2.94. The van der Waals surface area contributed by atoms with Crippen molar-refractivity contribution >= 4 is 21.6 Å². The van der Waals surface area contributed by atoms with E-state index in [9.17, 15) is 13.2 Å². The summed E-state index contributed by atoms with van der Waals surface area (Å²) in [7, 11) is -2.19. The summed E-state index contributed by atoms with van der Waals surface area (Å²) in [5, 5.41) is 2.87. The van der Waals surface area contributed by atoms with Gasteiger partial charge in [-0.05, 0) is 43.7 Å². The molecule has 0 saturated carbocycles. The van der Waals surface area contributed by atoms with Crippen LogP contribution in [-0.2, 0) is 14.8 Å². The molecule has 158 valence electrons. The number of nitrogens with zero attached hydrogens (tertiary/aromatic N) is 1. The summed E-state index contributed by atoms with van der Waals surface area (Å²) in [6.07, 6.45) is 0. The molecule has 0 unspecified atom stereocenters. The first-order valence-corrected chi connectivity index (χ1v) is 11.0. The van der Waals surface area contributed by atoms with Gasteiger partial charge in [-0.15, -0.1) is 0 Å². The molecular formula is C21H29N3O4S. The largest absolute Gasteiger partial charge is 0.383 e. The lowest BCUT2D eigenvalue weighted by molar-refractivity contribution is 0.0954. The zero-order valence-electron chi connectivity index (χ0n) is 17.1. The third kappa shape index (κ3) is 6.56. The van der Waals surface area contributed by atoms with Crippen molar-refractivity contribution in [1.82, 2.24) is 10.0 Å². The van der Waals surface area contributed by atoms with Gasteiger partial charge in [-0.2, -0.15) is 0 Å². The molecule has 29 heavy (non-hydrogen) atoms. The van der Waals surface area contributed by atoms with E-state index in [1.807, 2.05) is 12.1 Å². The van der Waals surface area contributed by atoms with Crippen LogP contribution in [0.25, 0.3) is 0 Å². The average Bonchev–Trinajstić information content (AvgIpc) is 2.72. The first-order valence-electron chi connectivity index (χ1n) is 9.56. The Morgan fingerprint density at radius 1 is 1.10 bits per heavy atom. The molecule has 1 amide bonds. The molecule has 0 aliphatic carbocycles. The highest BCUT2D eigenvalue weighted by Crippen LogP contribution is 2.18. The number of hydrogen-bond donors (Lipinski definition) is 2. The minimum atomic E-state index is -3.69. The lowest BCUT2D eigenvalue weighted by Crippen LogP contribution is -2.35. The number of benzene rings is 2. The van der Waals surface area contributed by atoms with Gasteiger partial charge in [0.05, 0.1) is 11.5 Å². The standard InChI is InChI=1S/C21H29N3O4S/c1-4-24(20-11-6-5-8-17(20)2)14-12-22-21(25)18-9-7-10-19(16-18)29(26,27)23-13-15-28-3/h5-11,16,23H,4,12-15H2,1-3H3,(H,22,25). The van der Waals surface area contributed by atoms with E-state index in [-0.39, 0.29) is 24.0 Å². The Balaban J connectivity index is 1.98. The number of carbonyl (C=O) groups excluding carboxylic acids is 1. The third-order valence-electron chi connectivity index (χ3n) is 4.51. The SMILES string of the molecule is CCN(CCNC(=O)c1cccc(S(=O)(=O)NCCOC)c1)c1ccccc1C. The highest BCUT2D eigenvalue weighted by molar-refractivity contribution is 7.89. The van der Waals surface area contributed by atoms with Crippen LogP contribution in [0, 0.1) is 6.92 Å². The second-order valence-electron chi connectivity index (χ2n) is 6.54. The second kappa shape index (κ2) is 10.9. The first kappa shape index (κ1) is 22.9. The molecule has 0 heterocycles. The molecule has 8 heteroatoms. The molecule has 0 aliphatic rings. The van der Waals surface area contributed by atoms with Gasteiger partial charge in [0, 0.05) is 44.5 Å². The molecule has 0 atom stereocenters. The Morgan fingerprint density at radius 2 is 1.86 bits per heavy atom. The monoisotopic (exact) mass is 419 g/mol. The second-order valence-corrected chi connectivity index (χ2v) is 8.31. The van der Waals surface area contributed by atoms with Crippen molar-refractivity contribution in [1.29, 1.82) is 0 Å². The predicted octanol–water partition coefficient (Wildman–Crippen LogP) is 2.18. The number of para-hydroxylation sites is 1. The average molecular weight is 420 g/mol. The molecular weight excluding hydrogens is 390 g/mol. The topological polar surface area (TPSA) is 87.7 Å². The maximum atomic E-state index is 12.5. The summed E-state index contributed by atoms with van der Waals surface area (Å²) in [4.78, 5) is 14.7. The van der Waals surface area contributed by atoms with Gasteiger partial charge in [-0.3, -0.25) is 4.79 Å². The van der Waals surface area contributed by atoms with Crippen LogP contribution in [0.15, 0.2) is 53.4 Å². The van der Waals surface area contributed by atoms with Gasteiger partial charge in [0.1, 0.15) is 0 Å². The van der Waals surface area contributed by atoms with Gasteiger partial charge in [0.2, 0.25) is 10.0 Å². The van der Waals surface area contributed by atoms with E-state index < -0.39 is 10.0 Å². The predicted molar refractivity (Wildman–Crippen MR) is 115 cm³/mol. The summed E-state index contributed by atoms with van der Waals surface area (Å²) in [5.41, 5.74) is 2.62. The van der Waals surface area contributed by atoms with Crippen LogP contribution in [0.4, 0.5) is 5.69 Å². The van der Waals surface area contributed by atoms with E-state index in [1.165, 1.54) is 24.8 Å². The van der Waals surface area contributed by atoms with Gasteiger partial charge < -0.3 is 15.0 Å². The van der Waals surface area contributed by atoms with Crippen molar-refractivity contribution in [2.24, 2.45) is 0 Å². The molecule has 0 aliphatic heterocycles. The number of nitrogens with one attached hydrogen (secondary N) is 2. The zero-order valence-corrected chi connectivity index (χ0v) is 18.0. The Hall–Kier alpha value is -2.42. The Bertz CT molecular complexity index is 916. The lowest BCUT2D eigenvalue weighted by atomic mass is 10.2. The molecule has 0 saturated heterocycles. The fraction of sp³-hybridized carbons (Fsp3) is 0.381. The van der Waals surface area contributed by atoms with E-state index in [2.05, 4.69) is 40.9 Å². The molecule has 7 nitrogen and oxygen atoms in total. The van der Waals surface area contributed by atoms with Crippen LogP contribution in [0.5, 0.6) is 0 Å². The number of rotatable bonds is 11. The Morgan fingerprint density at radius 3 is 2.55 bits per heavy atom. The summed E-state index contributed by atoms with van der Waals surface area (Å²) in [6, 6.07) is 14.1. The summed E-state index contributed by atoms with van der Waals surface area (Å²) in [5.74, 6) is -0.306. The molecule has 0 fully saturated rings. The van der Waals surface area contributed by atoms with Gasteiger partial charge in [-0.25, -0.2) is 13.1 Å². The number of likely N-dealkylation sites (N-methyl/N-ethyl adjacent to an activating group) is 1. The third-order valence-corrected chi connectivity index (χ3v) is 5.97. The molecule has 0 spiro atoms. The Labute approximate surface area is 173 Å². The normalized spacial score (nSPS) is 11.3. The van der Waals surface area contributed by atoms with E-state index in [0.29, 0.717) is 18.7 Å². The van der Waals surface area contributed by atoms with Crippen molar-refractivity contribution in [2.75, 3.05) is 44.8 Å². The van der Waals surface area contributed by atoms with Crippen molar-refractivity contribution in [3.63, 3.8) is 0 Å². The van der Waals surface area contributed by atoms with E-state index in [1.54, 1.807) is 12.1 Å². The molecule has 2 N–H and O–H groups in total. The zero-order chi connectivity index (χ0) is 21.3. The number of carbonyl (C=O) groups is 1. The van der Waals surface area contributed by atoms with Crippen molar-refractivity contribution < 1.29 is 17.9 Å². The minimum Gasteiger partial charge on any atom is -0.383 e. The van der Waals surface area contributed by atoms with Crippen molar-refractivity contribution in [3.05, 3.63) is 59.7 Å². The molecule has 2 rings (SSSR count). The highest BCUT2D eigenvalue weighted by Gasteiger charge is 2.16.